The lowest BCUT2D eigenvalue weighted by Gasteiger charge is -2.11. The molecule has 0 aliphatic carbocycles. The van der Waals surface area contributed by atoms with Gasteiger partial charge in [-0.25, -0.2) is 4.98 Å². The minimum atomic E-state index is 0.201. The van der Waals surface area contributed by atoms with E-state index >= 15 is 0 Å². The van der Waals surface area contributed by atoms with Crippen LogP contribution in [0, 0.1) is 0 Å². The molecule has 0 aliphatic rings. The van der Waals surface area contributed by atoms with Gasteiger partial charge in [-0.15, -0.1) is 11.3 Å². The lowest BCUT2D eigenvalue weighted by atomic mass is 10.3. The molecule has 2 aromatic heterocycles. The molecule has 4 nitrogen and oxygen atoms in total. The van der Waals surface area contributed by atoms with Crippen molar-refractivity contribution in [3.05, 3.63) is 34.7 Å². The number of nitrogens with zero attached hydrogens (tertiary/aromatic N) is 2. The van der Waals surface area contributed by atoms with Crippen molar-refractivity contribution in [2.24, 2.45) is 0 Å². The number of hydrogen-bond donors (Lipinski definition) is 1. The van der Waals surface area contributed by atoms with Crippen LogP contribution in [0.25, 0.3) is 0 Å². The van der Waals surface area contributed by atoms with Gasteiger partial charge in [0.05, 0.1) is 13.2 Å². The third kappa shape index (κ3) is 2.49. The molecule has 1 unspecified atom stereocenters. The first-order valence-corrected chi connectivity index (χ1v) is 5.84. The highest BCUT2D eigenvalue weighted by Crippen LogP contribution is 2.21. The second-order valence-electron chi connectivity index (χ2n) is 3.30. The third-order valence-corrected chi connectivity index (χ3v) is 3.21. The molecule has 2 rings (SSSR count). The van der Waals surface area contributed by atoms with Gasteiger partial charge in [-0.1, -0.05) is 6.07 Å². The minimum absolute atomic E-state index is 0.201. The Balaban J connectivity index is 2.08. The van der Waals surface area contributed by atoms with Gasteiger partial charge in [-0.05, 0) is 18.4 Å². The molecule has 0 aliphatic heterocycles. The molecule has 0 spiro atoms. The molecular formula is C11H13N3OS. The average Bonchev–Trinajstić information content (AvgIpc) is 2.83. The van der Waals surface area contributed by atoms with E-state index in [0.29, 0.717) is 11.8 Å². The highest BCUT2D eigenvalue weighted by molar-refractivity contribution is 7.10. The highest BCUT2D eigenvalue weighted by atomic mass is 32.1. The first-order chi connectivity index (χ1) is 7.79. The lowest BCUT2D eigenvalue weighted by Crippen LogP contribution is -2.08. The fraction of sp³-hybridized carbons (Fsp3) is 0.273. The van der Waals surface area contributed by atoms with Crippen LogP contribution in [0.5, 0.6) is 5.88 Å². The summed E-state index contributed by atoms with van der Waals surface area (Å²) in [6.45, 7) is 2.08. The zero-order valence-corrected chi connectivity index (χ0v) is 9.99. The fourth-order valence-corrected chi connectivity index (χ4v) is 2.06. The normalized spacial score (nSPS) is 12.1. The first-order valence-electron chi connectivity index (χ1n) is 4.96. The number of anilines is 1. The maximum Gasteiger partial charge on any atom is 0.226 e. The SMILES string of the molecule is COc1ccnc(NC(C)c2cccs2)n1. The number of methoxy groups -OCH3 is 1. The van der Waals surface area contributed by atoms with Crippen molar-refractivity contribution < 1.29 is 4.74 Å². The zero-order valence-electron chi connectivity index (χ0n) is 9.18. The molecule has 2 heterocycles. The predicted molar refractivity (Wildman–Crippen MR) is 64.9 cm³/mol. The molecule has 0 radical (unpaired) electrons. The highest BCUT2D eigenvalue weighted by Gasteiger charge is 2.07. The summed E-state index contributed by atoms with van der Waals surface area (Å²) in [6.07, 6.45) is 1.68. The Kier molecular flexibility index (Phi) is 3.36. The van der Waals surface area contributed by atoms with Crippen LogP contribution in [0.2, 0.25) is 0 Å². The predicted octanol–water partition coefficient (Wildman–Crippen LogP) is 2.72. The van der Waals surface area contributed by atoms with Crippen LogP contribution in [0.4, 0.5) is 5.95 Å². The fourth-order valence-electron chi connectivity index (χ4n) is 1.33. The molecule has 1 N–H and O–H groups in total. The van der Waals surface area contributed by atoms with Crippen LogP contribution in [0.3, 0.4) is 0 Å². The molecule has 0 bridgehead atoms. The van der Waals surface area contributed by atoms with Gasteiger partial charge in [0.15, 0.2) is 0 Å². The number of rotatable bonds is 4. The van der Waals surface area contributed by atoms with Gasteiger partial charge in [-0.3, -0.25) is 0 Å². The van der Waals surface area contributed by atoms with Gasteiger partial charge in [0.25, 0.3) is 0 Å². The van der Waals surface area contributed by atoms with Crippen molar-refractivity contribution in [2.45, 2.75) is 13.0 Å². The van der Waals surface area contributed by atoms with Crippen molar-refractivity contribution in [1.82, 2.24) is 9.97 Å². The largest absolute Gasteiger partial charge is 0.481 e. The summed E-state index contributed by atoms with van der Waals surface area (Å²) in [5.41, 5.74) is 0. The van der Waals surface area contributed by atoms with Gasteiger partial charge in [0.2, 0.25) is 11.8 Å². The van der Waals surface area contributed by atoms with Crippen LogP contribution < -0.4 is 10.1 Å². The Bertz CT molecular complexity index is 444. The van der Waals surface area contributed by atoms with E-state index in [9.17, 15) is 0 Å². The molecule has 16 heavy (non-hydrogen) atoms. The van der Waals surface area contributed by atoms with Crippen molar-refractivity contribution in [3.63, 3.8) is 0 Å². The summed E-state index contributed by atoms with van der Waals surface area (Å²) in [6, 6.07) is 6.04. The van der Waals surface area contributed by atoms with Crippen LogP contribution in [0.15, 0.2) is 29.8 Å². The van der Waals surface area contributed by atoms with Crippen molar-refractivity contribution in [2.75, 3.05) is 12.4 Å². The van der Waals surface area contributed by atoms with E-state index < -0.39 is 0 Å². The Morgan fingerprint density at radius 1 is 1.44 bits per heavy atom. The number of hydrogen-bond acceptors (Lipinski definition) is 5. The van der Waals surface area contributed by atoms with E-state index in [2.05, 4.69) is 33.7 Å². The van der Waals surface area contributed by atoms with Crippen LogP contribution in [-0.4, -0.2) is 17.1 Å². The number of thiophene rings is 1. The smallest absolute Gasteiger partial charge is 0.226 e. The Morgan fingerprint density at radius 2 is 2.31 bits per heavy atom. The average molecular weight is 235 g/mol. The van der Waals surface area contributed by atoms with Crippen molar-refractivity contribution in [1.29, 1.82) is 0 Å². The summed E-state index contributed by atoms with van der Waals surface area (Å²) >= 11 is 1.71. The number of nitrogens with one attached hydrogen (secondary N) is 1. The van der Waals surface area contributed by atoms with E-state index in [1.54, 1.807) is 30.7 Å². The van der Waals surface area contributed by atoms with Gasteiger partial charge in [0, 0.05) is 17.1 Å². The van der Waals surface area contributed by atoms with Crippen LogP contribution in [0.1, 0.15) is 17.8 Å². The van der Waals surface area contributed by atoms with Crippen LogP contribution in [-0.2, 0) is 0 Å². The summed E-state index contributed by atoms with van der Waals surface area (Å²) < 4.78 is 5.04. The Hall–Kier alpha value is -1.62. The maximum absolute atomic E-state index is 5.04. The molecule has 0 saturated heterocycles. The van der Waals surface area contributed by atoms with E-state index in [0.717, 1.165) is 0 Å². The quantitative estimate of drug-likeness (QED) is 0.885. The molecule has 84 valence electrons. The second kappa shape index (κ2) is 4.94. The third-order valence-electron chi connectivity index (χ3n) is 2.15. The topological polar surface area (TPSA) is 47.0 Å². The second-order valence-corrected chi connectivity index (χ2v) is 4.28. The van der Waals surface area contributed by atoms with Crippen molar-refractivity contribution in [3.8, 4) is 5.88 Å². The molecule has 1 atom stereocenters. The Morgan fingerprint density at radius 3 is 3.00 bits per heavy atom. The summed E-state index contributed by atoms with van der Waals surface area (Å²) in [5.74, 6) is 1.15. The number of aromatic nitrogens is 2. The molecular weight excluding hydrogens is 222 g/mol. The van der Waals surface area contributed by atoms with Gasteiger partial charge < -0.3 is 10.1 Å². The number of ether oxygens (including phenoxy) is 1. The van der Waals surface area contributed by atoms with Crippen molar-refractivity contribution >= 4 is 17.3 Å². The summed E-state index contributed by atoms with van der Waals surface area (Å²) in [7, 11) is 1.59. The molecule has 0 aromatic carbocycles. The van der Waals surface area contributed by atoms with E-state index in [4.69, 9.17) is 4.74 Å². The molecule has 2 aromatic rings. The van der Waals surface area contributed by atoms with Crippen LogP contribution >= 0.6 is 11.3 Å². The van der Waals surface area contributed by atoms with E-state index in [-0.39, 0.29) is 6.04 Å². The van der Waals surface area contributed by atoms with Gasteiger partial charge in [0.1, 0.15) is 0 Å². The minimum Gasteiger partial charge on any atom is -0.481 e. The molecule has 0 amide bonds. The summed E-state index contributed by atoms with van der Waals surface area (Å²) in [5, 5.41) is 5.28. The molecule has 0 fully saturated rings. The maximum atomic E-state index is 5.04. The van der Waals surface area contributed by atoms with Gasteiger partial charge in [-0.2, -0.15) is 4.98 Å². The molecule has 0 saturated carbocycles. The van der Waals surface area contributed by atoms with Gasteiger partial charge >= 0.3 is 0 Å². The Labute approximate surface area is 98.3 Å². The summed E-state index contributed by atoms with van der Waals surface area (Å²) in [4.78, 5) is 9.60. The zero-order chi connectivity index (χ0) is 11.4. The van der Waals surface area contributed by atoms with E-state index in [1.807, 2.05) is 6.07 Å². The standard InChI is InChI=1S/C11H13N3OS/c1-8(9-4-3-7-16-9)13-11-12-6-5-10(14-11)15-2/h3-8H,1-2H3,(H,12,13,14). The van der Waals surface area contributed by atoms with E-state index in [1.165, 1.54) is 4.88 Å². The lowest BCUT2D eigenvalue weighted by molar-refractivity contribution is 0.397. The molecule has 5 heteroatoms. The monoisotopic (exact) mass is 235 g/mol. The first kappa shape index (κ1) is 10.9.